The summed E-state index contributed by atoms with van der Waals surface area (Å²) in [7, 11) is 1.59. The number of ether oxygens (including phenoxy) is 1. The van der Waals surface area contributed by atoms with Gasteiger partial charge >= 0.3 is 0 Å². The highest BCUT2D eigenvalue weighted by Gasteiger charge is 2.22. The Morgan fingerprint density at radius 1 is 1.21 bits per heavy atom. The topological polar surface area (TPSA) is 93.5 Å². The Balaban J connectivity index is 4.15. The molecule has 6 nitrogen and oxygen atoms in total. The molecular weight excluding hydrogens is 246 g/mol. The van der Waals surface area contributed by atoms with Crippen molar-refractivity contribution in [1.29, 1.82) is 0 Å². The maximum Gasteiger partial charge on any atom is 0.223 e. The summed E-state index contributed by atoms with van der Waals surface area (Å²) in [4.78, 5) is 23.6. The summed E-state index contributed by atoms with van der Waals surface area (Å²) < 4.78 is 4.88. The van der Waals surface area contributed by atoms with Crippen molar-refractivity contribution in [3.63, 3.8) is 0 Å². The third-order valence-corrected chi connectivity index (χ3v) is 3.00. The molecule has 0 spiro atoms. The first-order valence-corrected chi connectivity index (χ1v) is 6.81. The van der Waals surface area contributed by atoms with Gasteiger partial charge in [0.25, 0.3) is 0 Å². The molecule has 0 fully saturated rings. The zero-order chi connectivity index (χ0) is 14.7. The Kier molecular flexibility index (Phi) is 10.1. The van der Waals surface area contributed by atoms with Crippen molar-refractivity contribution in [3.05, 3.63) is 0 Å². The summed E-state index contributed by atoms with van der Waals surface area (Å²) in [6.45, 7) is 5.67. The predicted octanol–water partition coefficient (Wildman–Crippen LogP) is -0.124. The van der Waals surface area contributed by atoms with E-state index in [1.807, 2.05) is 13.8 Å². The Labute approximate surface area is 115 Å². The van der Waals surface area contributed by atoms with Gasteiger partial charge in [0.2, 0.25) is 11.8 Å². The molecule has 0 aromatic carbocycles. The van der Waals surface area contributed by atoms with Crippen LogP contribution in [0.5, 0.6) is 0 Å². The molecule has 0 bridgehead atoms. The molecule has 19 heavy (non-hydrogen) atoms. The lowest BCUT2D eigenvalue weighted by Gasteiger charge is -2.19. The van der Waals surface area contributed by atoms with Gasteiger partial charge in [-0.25, -0.2) is 0 Å². The van der Waals surface area contributed by atoms with Crippen LogP contribution < -0.4 is 16.4 Å². The van der Waals surface area contributed by atoms with Crippen molar-refractivity contribution in [3.8, 4) is 0 Å². The summed E-state index contributed by atoms with van der Waals surface area (Å²) in [5.74, 6) is -0.397. The number of carbonyl (C=O) groups excluding carboxylic acids is 2. The van der Waals surface area contributed by atoms with E-state index >= 15 is 0 Å². The van der Waals surface area contributed by atoms with E-state index < -0.39 is 0 Å². The van der Waals surface area contributed by atoms with Gasteiger partial charge in [-0.1, -0.05) is 13.8 Å². The maximum atomic E-state index is 11.9. The van der Waals surface area contributed by atoms with Gasteiger partial charge in [0, 0.05) is 38.6 Å². The number of hydrogen-bond donors (Lipinski definition) is 3. The molecule has 6 heteroatoms. The van der Waals surface area contributed by atoms with Crippen molar-refractivity contribution in [2.24, 2.45) is 17.6 Å². The Bertz CT molecular complexity index is 272. The molecule has 0 saturated heterocycles. The highest BCUT2D eigenvalue weighted by molar-refractivity contribution is 5.81. The smallest absolute Gasteiger partial charge is 0.223 e. The van der Waals surface area contributed by atoms with Crippen molar-refractivity contribution in [2.75, 3.05) is 33.4 Å². The Morgan fingerprint density at radius 3 is 2.37 bits per heavy atom. The summed E-state index contributed by atoms with van der Waals surface area (Å²) in [5, 5.41) is 5.54. The molecule has 0 rings (SSSR count). The van der Waals surface area contributed by atoms with Crippen molar-refractivity contribution >= 4 is 11.8 Å². The lowest BCUT2D eigenvalue weighted by atomic mass is 9.92. The minimum Gasteiger partial charge on any atom is -0.383 e. The second-order valence-corrected chi connectivity index (χ2v) is 4.61. The maximum absolute atomic E-state index is 11.9. The fraction of sp³-hybridized carbons (Fsp3) is 0.846. The number of rotatable bonds is 10. The summed E-state index contributed by atoms with van der Waals surface area (Å²) in [6, 6.07) is 0. The largest absolute Gasteiger partial charge is 0.383 e. The van der Waals surface area contributed by atoms with Gasteiger partial charge in [0.15, 0.2) is 0 Å². The van der Waals surface area contributed by atoms with Crippen LogP contribution in [-0.4, -0.2) is 45.2 Å². The fourth-order valence-corrected chi connectivity index (χ4v) is 1.78. The van der Waals surface area contributed by atoms with E-state index in [0.717, 1.165) is 0 Å². The van der Waals surface area contributed by atoms with Gasteiger partial charge in [-0.3, -0.25) is 9.59 Å². The second kappa shape index (κ2) is 10.8. The van der Waals surface area contributed by atoms with Crippen LogP contribution in [0.2, 0.25) is 0 Å². The van der Waals surface area contributed by atoms with E-state index in [2.05, 4.69) is 10.6 Å². The molecule has 0 saturated carbocycles. The average Bonchev–Trinajstić information content (AvgIpc) is 2.41. The molecule has 0 aliphatic rings. The molecule has 0 aliphatic carbocycles. The SMILES string of the molecule is CCC(CC(C)C(=O)NCCN)C(=O)NCCOC. The average molecular weight is 273 g/mol. The second-order valence-electron chi connectivity index (χ2n) is 4.61. The molecule has 2 unspecified atom stereocenters. The molecular formula is C13H27N3O3. The van der Waals surface area contributed by atoms with E-state index in [9.17, 15) is 9.59 Å². The van der Waals surface area contributed by atoms with Crippen molar-refractivity contribution < 1.29 is 14.3 Å². The number of nitrogens with one attached hydrogen (secondary N) is 2. The molecule has 0 aromatic heterocycles. The standard InChI is InChI=1S/C13H27N3O3/c1-4-11(13(18)16-7-8-19-3)9-10(2)12(17)15-6-5-14/h10-11H,4-9,14H2,1-3H3,(H,15,17)(H,16,18). The van der Waals surface area contributed by atoms with Gasteiger partial charge in [0.1, 0.15) is 0 Å². The zero-order valence-corrected chi connectivity index (χ0v) is 12.2. The molecule has 4 N–H and O–H groups in total. The van der Waals surface area contributed by atoms with Crippen LogP contribution in [0.15, 0.2) is 0 Å². The van der Waals surface area contributed by atoms with Crippen LogP contribution in [0.3, 0.4) is 0 Å². The van der Waals surface area contributed by atoms with Crippen LogP contribution in [-0.2, 0) is 14.3 Å². The summed E-state index contributed by atoms with van der Waals surface area (Å²) >= 11 is 0. The predicted molar refractivity (Wildman–Crippen MR) is 74.5 cm³/mol. The molecule has 112 valence electrons. The fourth-order valence-electron chi connectivity index (χ4n) is 1.78. The van der Waals surface area contributed by atoms with Crippen molar-refractivity contribution in [1.82, 2.24) is 10.6 Å². The number of nitrogens with two attached hydrogens (primary N) is 1. The van der Waals surface area contributed by atoms with E-state index in [1.165, 1.54) is 0 Å². The van der Waals surface area contributed by atoms with Gasteiger partial charge < -0.3 is 21.1 Å². The molecule has 0 aromatic rings. The lowest BCUT2D eigenvalue weighted by Crippen LogP contribution is -2.37. The van der Waals surface area contributed by atoms with Gasteiger partial charge in [-0.15, -0.1) is 0 Å². The van der Waals surface area contributed by atoms with Gasteiger partial charge in [-0.05, 0) is 12.8 Å². The minimum absolute atomic E-state index is 0.0157. The third kappa shape index (κ3) is 7.79. The monoisotopic (exact) mass is 273 g/mol. The first-order chi connectivity index (χ1) is 9.06. The number of hydrogen-bond acceptors (Lipinski definition) is 4. The lowest BCUT2D eigenvalue weighted by molar-refractivity contribution is -0.128. The van der Waals surface area contributed by atoms with Gasteiger partial charge in [0.05, 0.1) is 6.61 Å². The number of methoxy groups -OCH3 is 1. The first-order valence-electron chi connectivity index (χ1n) is 6.81. The quantitative estimate of drug-likeness (QED) is 0.484. The van der Waals surface area contributed by atoms with Crippen LogP contribution in [0.4, 0.5) is 0 Å². The molecule has 2 amide bonds. The molecule has 2 atom stereocenters. The van der Waals surface area contributed by atoms with Crippen LogP contribution in [0.25, 0.3) is 0 Å². The zero-order valence-electron chi connectivity index (χ0n) is 12.2. The first kappa shape index (κ1) is 17.9. The number of amides is 2. The van der Waals surface area contributed by atoms with Crippen LogP contribution in [0, 0.1) is 11.8 Å². The molecule has 0 radical (unpaired) electrons. The molecule has 0 aliphatic heterocycles. The van der Waals surface area contributed by atoms with Crippen molar-refractivity contribution in [2.45, 2.75) is 26.7 Å². The Morgan fingerprint density at radius 2 is 1.84 bits per heavy atom. The summed E-state index contributed by atoms with van der Waals surface area (Å²) in [6.07, 6.45) is 1.26. The normalized spacial score (nSPS) is 13.7. The van der Waals surface area contributed by atoms with Crippen LogP contribution >= 0.6 is 0 Å². The molecule has 0 heterocycles. The number of carbonyl (C=O) groups is 2. The van der Waals surface area contributed by atoms with E-state index in [1.54, 1.807) is 7.11 Å². The van der Waals surface area contributed by atoms with E-state index in [-0.39, 0.29) is 23.7 Å². The van der Waals surface area contributed by atoms with Crippen LogP contribution in [0.1, 0.15) is 26.7 Å². The third-order valence-electron chi connectivity index (χ3n) is 3.00. The highest BCUT2D eigenvalue weighted by atomic mass is 16.5. The van der Waals surface area contributed by atoms with E-state index in [4.69, 9.17) is 10.5 Å². The van der Waals surface area contributed by atoms with E-state index in [0.29, 0.717) is 39.1 Å². The minimum atomic E-state index is -0.190. The summed E-state index contributed by atoms with van der Waals surface area (Å²) in [5.41, 5.74) is 5.33. The Hall–Kier alpha value is -1.14. The highest BCUT2D eigenvalue weighted by Crippen LogP contribution is 2.16. The van der Waals surface area contributed by atoms with Gasteiger partial charge in [-0.2, -0.15) is 0 Å².